The number of rotatable bonds is 3. The first-order chi connectivity index (χ1) is 19.2. The topological polar surface area (TPSA) is 166 Å². The summed E-state index contributed by atoms with van der Waals surface area (Å²) in [6.45, 7) is 1.26. The van der Waals surface area contributed by atoms with Crippen LogP contribution in [0.25, 0.3) is 0 Å². The molecule has 1 saturated heterocycles. The van der Waals surface area contributed by atoms with E-state index in [-0.39, 0.29) is 12.5 Å². The number of hydrogen-bond acceptors (Lipinski definition) is 10. The Morgan fingerprint density at radius 2 is 1.57 bits per heavy atom. The molecular formula is C30H44O10. The number of carbonyl (C=O) groups excluding carboxylic acids is 1. The molecule has 0 aromatic rings. The van der Waals surface area contributed by atoms with E-state index in [1.54, 1.807) is 54.7 Å². The van der Waals surface area contributed by atoms with Gasteiger partial charge in [0.2, 0.25) is 0 Å². The van der Waals surface area contributed by atoms with Crippen molar-refractivity contribution in [2.24, 2.45) is 0 Å². The highest BCUT2D eigenvalue weighted by molar-refractivity contribution is 5.82. The number of hydrogen-bond donors (Lipinski definition) is 6. The van der Waals surface area contributed by atoms with Crippen molar-refractivity contribution < 1.29 is 49.6 Å². The maximum Gasteiger partial charge on any atom is 0.331 e. The van der Waals surface area contributed by atoms with Crippen LogP contribution in [0.4, 0.5) is 0 Å². The van der Waals surface area contributed by atoms with Crippen LogP contribution in [0.2, 0.25) is 0 Å². The van der Waals surface area contributed by atoms with Gasteiger partial charge in [-0.1, -0.05) is 66.8 Å². The molecule has 2 rings (SSSR count). The summed E-state index contributed by atoms with van der Waals surface area (Å²) in [6.07, 6.45) is 13.9. The van der Waals surface area contributed by atoms with Crippen LogP contribution in [0.1, 0.15) is 45.4 Å². The Bertz CT molecular complexity index is 906. The molecule has 0 bridgehead atoms. The molecule has 224 valence electrons. The quantitative estimate of drug-likeness (QED) is 0.277. The lowest BCUT2D eigenvalue weighted by molar-refractivity contribution is -0.307. The van der Waals surface area contributed by atoms with Gasteiger partial charge in [-0.25, -0.2) is 4.79 Å². The Labute approximate surface area is 235 Å². The second-order valence-corrected chi connectivity index (χ2v) is 9.89. The summed E-state index contributed by atoms with van der Waals surface area (Å²) in [5.41, 5.74) is 0. The van der Waals surface area contributed by atoms with E-state index in [0.29, 0.717) is 19.3 Å². The van der Waals surface area contributed by atoms with Gasteiger partial charge in [-0.3, -0.25) is 0 Å². The van der Waals surface area contributed by atoms with Crippen molar-refractivity contribution in [3.05, 3.63) is 72.9 Å². The zero-order valence-corrected chi connectivity index (χ0v) is 22.9. The molecular weight excluding hydrogens is 520 g/mol. The minimum Gasteiger partial charge on any atom is -0.460 e. The molecule has 2 aliphatic rings. The lowest BCUT2D eigenvalue weighted by atomic mass is 9.99. The van der Waals surface area contributed by atoms with E-state index in [2.05, 4.69) is 0 Å². The van der Waals surface area contributed by atoms with Gasteiger partial charge in [0.1, 0.15) is 24.4 Å². The minimum atomic E-state index is -1.57. The number of esters is 1. The van der Waals surface area contributed by atoms with Gasteiger partial charge in [0, 0.05) is 12.5 Å². The van der Waals surface area contributed by atoms with Gasteiger partial charge < -0.3 is 44.8 Å². The van der Waals surface area contributed by atoms with Crippen LogP contribution >= 0.6 is 0 Å². The summed E-state index contributed by atoms with van der Waals surface area (Å²) in [7, 11) is 0. The summed E-state index contributed by atoms with van der Waals surface area (Å²) in [5.74, 6) is -0.458. The number of ether oxygens (including phenoxy) is 3. The van der Waals surface area contributed by atoms with Crippen molar-refractivity contribution in [1.82, 2.24) is 0 Å². The zero-order chi connectivity index (χ0) is 29.3. The molecule has 9 atom stereocenters. The van der Waals surface area contributed by atoms with Crippen LogP contribution in [0, 0.1) is 0 Å². The molecule has 0 spiro atoms. The van der Waals surface area contributed by atoms with Crippen LogP contribution in [-0.4, -0.2) is 98.3 Å². The Morgan fingerprint density at radius 1 is 0.875 bits per heavy atom. The fraction of sp³-hybridized carbons (Fsp3) is 0.567. The van der Waals surface area contributed by atoms with Crippen molar-refractivity contribution in [3.8, 4) is 0 Å². The third-order valence-electron chi connectivity index (χ3n) is 6.38. The maximum absolute atomic E-state index is 12.1. The Morgan fingerprint density at radius 3 is 2.35 bits per heavy atom. The molecule has 0 aliphatic carbocycles. The minimum absolute atomic E-state index is 0.183. The Balaban J connectivity index is 2.12. The molecule has 6 N–H and O–H groups in total. The number of cyclic esters (lactones) is 1. The summed E-state index contributed by atoms with van der Waals surface area (Å²) >= 11 is 0. The lowest BCUT2D eigenvalue weighted by Crippen LogP contribution is -2.59. The fourth-order valence-electron chi connectivity index (χ4n) is 4.10. The van der Waals surface area contributed by atoms with E-state index in [4.69, 9.17) is 14.2 Å². The number of aliphatic hydroxyl groups is 6. The largest absolute Gasteiger partial charge is 0.460 e. The van der Waals surface area contributed by atoms with Crippen molar-refractivity contribution in [2.45, 2.75) is 101 Å². The number of aliphatic hydroxyl groups excluding tert-OH is 6. The summed E-state index contributed by atoms with van der Waals surface area (Å²) in [6, 6.07) is 0. The molecule has 0 radical (unpaired) electrons. The van der Waals surface area contributed by atoms with E-state index in [0.717, 1.165) is 12.8 Å². The standard InChI is InChI=1S/C30H44O10/c1-21-13-7-3-2-4-8-14-22(32)19-23(33)15-9-5-10-16-24(17-11-6-12-18-26(34)38-21)39-30-29(37)28(36)27(35)25(20-31)40-30/h2,4-6,8-12,14,16,18,21-25,27-33,35-37H,3,7,13,15,17,19-20H2,1H3/b4-2?,9-5?,11-6+,14-8?,16-10?,18-12?/t21-,22+,23+,24-,25+,27+,28-,29+,30+/m1/s1. The summed E-state index contributed by atoms with van der Waals surface area (Å²) < 4.78 is 16.7. The van der Waals surface area contributed by atoms with Gasteiger partial charge in [-0.2, -0.15) is 0 Å². The Hall–Kier alpha value is -2.41. The molecule has 40 heavy (non-hydrogen) atoms. The molecule has 10 nitrogen and oxygen atoms in total. The third kappa shape index (κ3) is 12.8. The Kier molecular flexibility index (Phi) is 15.9. The summed E-state index contributed by atoms with van der Waals surface area (Å²) in [5, 5.41) is 60.2. The van der Waals surface area contributed by atoms with E-state index in [1.165, 1.54) is 6.08 Å². The maximum atomic E-state index is 12.1. The molecule has 0 unspecified atom stereocenters. The van der Waals surface area contributed by atoms with Crippen molar-refractivity contribution in [1.29, 1.82) is 0 Å². The molecule has 10 heteroatoms. The highest BCUT2D eigenvalue weighted by atomic mass is 16.7. The second-order valence-electron chi connectivity index (χ2n) is 9.89. The third-order valence-corrected chi connectivity index (χ3v) is 6.38. The van der Waals surface area contributed by atoms with Gasteiger partial charge in [-0.05, 0) is 39.0 Å². The zero-order valence-electron chi connectivity index (χ0n) is 22.9. The molecule has 1 fully saturated rings. The lowest BCUT2D eigenvalue weighted by Gasteiger charge is -2.40. The molecule has 2 heterocycles. The first-order valence-corrected chi connectivity index (χ1v) is 13.7. The number of allylic oxidation sites excluding steroid dienone is 7. The normalized spacial score (nSPS) is 36.6. The average Bonchev–Trinajstić information content (AvgIpc) is 2.91. The predicted octanol–water partition coefficient (Wildman–Crippen LogP) is 1.52. The van der Waals surface area contributed by atoms with Crippen molar-refractivity contribution >= 4 is 5.97 Å². The fourth-order valence-corrected chi connectivity index (χ4v) is 4.10. The number of carbonyl (C=O) groups is 1. The average molecular weight is 565 g/mol. The van der Waals surface area contributed by atoms with Gasteiger partial charge in [0.05, 0.1) is 31.0 Å². The predicted molar refractivity (Wildman–Crippen MR) is 149 cm³/mol. The van der Waals surface area contributed by atoms with Crippen LogP contribution in [0.5, 0.6) is 0 Å². The highest BCUT2D eigenvalue weighted by Crippen LogP contribution is 2.24. The monoisotopic (exact) mass is 564 g/mol. The van der Waals surface area contributed by atoms with Crippen molar-refractivity contribution in [2.75, 3.05) is 6.61 Å². The van der Waals surface area contributed by atoms with E-state index in [9.17, 15) is 35.4 Å². The van der Waals surface area contributed by atoms with Gasteiger partial charge >= 0.3 is 5.97 Å². The van der Waals surface area contributed by atoms with E-state index in [1.807, 2.05) is 19.1 Å². The van der Waals surface area contributed by atoms with E-state index >= 15 is 0 Å². The van der Waals surface area contributed by atoms with Crippen LogP contribution in [0.3, 0.4) is 0 Å². The highest BCUT2D eigenvalue weighted by Gasteiger charge is 2.44. The molecule has 2 aliphatic heterocycles. The molecule has 0 saturated carbocycles. The van der Waals surface area contributed by atoms with Crippen LogP contribution < -0.4 is 0 Å². The first kappa shape index (κ1) is 33.8. The summed E-state index contributed by atoms with van der Waals surface area (Å²) in [4.78, 5) is 12.1. The molecule has 0 amide bonds. The van der Waals surface area contributed by atoms with Gasteiger partial charge in [0.15, 0.2) is 6.29 Å². The van der Waals surface area contributed by atoms with Gasteiger partial charge in [-0.15, -0.1) is 0 Å². The van der Waals surface area contributed by atoms with Crippen LogP contribution in [-0.2, 0) is 19.0 Å². The van der Waals surface area contributed by atoms with Crippen molar-refractivity contribution in [3.63, 3.8) is 0 Å². The van der Waals surface area contributed by atoms with E-state index < -0.39 is 61.6 Å². The second kappa shape index (κ2) is 18.8. The van der Waals surface area contributed by atoms with Gasteiger partial charge in [0.25, 0.3) is 0 Å². The SMILES string of the molecule is C[C@@H]1CCCC=CC=C[C@H](O)C[C@@H](O)CC=CC=C[C@@H](O[C@H]2O[C@@H](CO)[C@H](O)[C@@H](O)[C@@H]2O)C/C=C/C=CC(=O)O1. The molecule has 0 aromatic carbocycles. The first-order valence-electron chi connectivity index (χ1n) is 13.7. The molecule has 0 aromatic heterocycles. The smallest absolute Gasteiger partial charge is 0.331 e. The van der Waals surface area contributed by atoms with Crippen LogP contribution in [0.15, 0.2) is 72.9 Å².